The zero-order valence-electron chi connectivity index (χ0n) is 21.5. The molecule has 0 spiro atoms. The highest BCUT2D eigenvalue weighted by Crippen LogP contribution is 2.29. The largest absolute Gasteiger partial charge is 0.494 e. The number of fused-ring (bicyclic) bond motifs is 1. The maximum atomic E-state index is 13.6. The molecule has 36 heavy (non-hydrogen) atoms. The molecule has 0 aliphatic rings. The average molecular weight is 493 g/mol. The first-order valence-electron chi connectivity index (χ1n) is 12.3. The van der Waals surface area contributed by atoms with Crippen LogP contribution in [-0.2, 0) is 18.6 Å². The summed E-state index contributed by atoms with van der Waals surface area (Å²) in [5.41, 5.74) is 1.83. The lowest BCUT2D eigenvalue weighted by atomic mass is 10.0. The van der Waals surface area contributed by atoms with Crippen LogP contribution in [0.25, 0.3) is 10.9 Å². The number of benzene rings is 2. The van der Waals surface area contributed by atoms with Crippen molar-refractivity contribution in [3.63, 3.8) is 0 Å². The van der Waals surface area contributed by atoms with Gasteiger partial charge < -0.3 is 9.72 Å². The van der Waals surface area contributed by atoms with Crippen LogP contribution in [0.5, 0.6) is 5.75 Å². The Labute approximate surface area is 210 Å². The van der Waals surface area contributed by atoms with Crippen LogP contribution in [0.1, 0.15) is 64.0 Å². The van der Waals surface area contributed by atoms with Gasteiger partial charge >= 0.3 is 0 Å². The van der Waals surface area contributed by atoms with Crippen molar-refractivity contribution >= 4 is 10.9 Å². The number of tetrazole rings is 1. The Hall–Kier alpha value is -3.59. The molecule has 1 atom stereocenters. The summed E-state index contributed by atoms with van der Waals surface area (Å²) in [6.45, 7) is 11.6. The number of nitrogens with one attached hydrogen (secondary N) is 1. The van der Waals surface area contributed by atoms with Gasteiger partial charge in [0.05, 0.1) is 18.2 Å². The molecule has 0 radical (unpaired) electrons. The zero-order valence-corrected chi connectivity index (χ0v) is 21.5. The van der Waals surface area contributed by atoms with Crippen molar-refractivity contribution in [3.8, 4) is 5.75 Å². The first-order valence-corrected chi connectivity index (χ1v) is 12.3. The van der Waals surface area contributed by atoms with Crippen LogP contribution in [0.4, 0.5) is 4.39 Å². The molecular formula is C27H33FN6O2. The van der Waals surface area contributed by atoms with E-state index in [0.717, 1.165) is 34.5 Å². The number of H-pyrrole nitrogens is 1. The van der Waals surface area contributed by atoms with Crippen molar-refractivity contribution < 1.29 is 9.13 Å². The van der Waals surface area contributed by atoms with E-state index in [2.05, 4.69) is 32.3 Å². The van der Waals surface area contributed by atoms with E-state index in [1.165, 1.54) is 12.1 Å². The SMILES string of the molecule is CCOc1ccc2[nH]c(=O)c(CN(Cc3ccc(F)cc3)[C@@H](CC)c3nnnn3C(C)(C)C)cc2c1. The van der Waals surface area contributed by atoms with Gasteiger partial charge in [-0.05, 0) is 86.5 Å². The Morgan fingerprint density at radius 1 is 1.08 bits per heavy atom. The highest BCUT2D eigenvalue weighted by Gasteiger charge is 2.29. The Kier molecular flexibility index (Phi) is 7.49. The lowest BCUT2D eigenvalue weighted by Gasteiger charge is -2.32. The molecule has 2 aromatic heterocycles. The third-order valence-electron chi connectivity index (χ3n) is 6.13. The molecule has 0 aliphatic carbocycles. The zero-order chi connectivity index (χ0) is 25.9. The lowest BCUT2D eigenvalue weighted by Crippen LogP contribution is -2.35. The first-order chi connectivity index (χ1) is 17.2. The second-order valence-electron chi connectivity index (χ2n) is 9.88. The second-order valence-corrected chi connectivity index (χ2v) is 9.88. The third-order valence-corrected chi connectivity index (χ3v) is 6.13. The summed E-state index contributed by atoms with van der Waals surface area (Å²) in [5, 5.41) is 13.5. The smallest absolute Gasteiger partial charge is 0.252 e. The van der Waals surface area contributed by atoms with Gasteiger partial charge in [-0.25, -0.2) is 9.07 Å². The molecule has 2 heterocycles. The number of hydrogen-bond donors (Lipinski definition) is 1. The minimum atomic E-state index is -0.316. The number of pyridine rings is 1. The summed E-state index contributed by atoms with van der Waals surface area (Å²) in [6, 6.07) is 13.8. The highest BCUT2D eigenvalue weighted by atomic mass is 19.1. The van der Waals surface area contributed by atoms with Gasteiger partial charge in [0.25, 0.3) is 5.56 Å². The van der Waals surface area contributed by atoms with Gasteiger partial charge in [0.1, 0.15) is 11.6 Å². The van der Waals surface area contributed by atoms with Gasteiger partial charge in [0.2, 0.25) is 0 Å². The molecule has 0 amide bonds. The van der Waals surface area contributed by atoms with E-state index in [4.69, 9.17) is 4.74 Å². The van der Waals surface area contributed by atoms with Crippen molar-refractivity contribution in [2.75, 3.05) is 6.61 Å². The Morgan fingerprint density at radius 2 is 1.83 bits per heavy atom. The van der Waals surface area contributed by atoms with Gasteiger partial charge in [0.15, 0.2) is 5.82 Å². The van der Waals surface area contributed by atoms with E-state index < -0.39 is 0 Å². The summed E-state index contributed by atoms with van der Waals surface area (Å²) < 4.78 is 21.1. The number of halogens is 1. The van der Waals surface area contributed by atoms with Gasteiger partial charge in [-0.15, -0.1) is 5.10 Å². The summed E-state index contributed by atoms with van der Waals surface area (Å²) >= 11 is 0. The van der Waals surface area contributed by atoms with Crippen molar-refractivity contribution in [3.05, 3.63) is 81.7 Å². The molecule has 0 aliphatic heterocycles. The molecule has 1 N–H and O–H groups in total. The topological polar surface area (TPSA) is 88.9 Å². The van der Waals surface area contributed by atoms with Crippen LogP contribution in [0.3, 0.4) is 0 Å². The molecule has 0 fully saturated rings. The monoisotopic (exact) mass is 492 g/mol. The molecule has 2 aromatic carbocycles. The van der Waals surface area contributed by atoms with E-state index in [1.807, 2.05) is 56.6 Å². The van der Waals surface area contributed by atoms with E-state index in [9.17, 15) is 9.18 Å². The predicted molar refractivity (Wildman–Crippen MR) is 137 cm³/mol. The van der Waals surface area contributed by atoms with Crippen molar-refractivity contribution in [1.29, 1.82) is 0 Å². The Balaban J connectivity index is 1.76. The molecule has 0 saturated heterocycles. The highest BCUT2D eigenvalue weighted by molar-refractivity contribution is 5.80. The van der Waals surface area contributed by atoms with E-state index in [-0.39, 0.29) is 23.0 Å². The first kappa shape index (κ1) is 25.5. The maximum Gasteiger partial charge on any atom is 0.252 e. The van der Waals surface area contributed by atoms with Crippen LogP contribution < -0.4 is 10.3 Å². The van der Waals surface area contributed by atoms with Crippen molar-refractivity contribution in [1.82, 2.24) is 30.1 Å². The van der Waals surface area contributed by atoms with Gasteiger partial charge in [0, 0.05) is 29.6 Å². The summed E-state index contributed by atoms with van der Waals surface area (Å²) in [7, 11) is 0. The molecule has 8 nitrogen and oxygen atoms in total. The fourth-order valence-corrected chi connectivity index (χ4v) is 4.41. The van der Waals surface area contributed by atoms with Crippen LogP contribution in [0.2, 0.25) is 0 Å². The standard InChI is InChI=1S/C27H33FN6O2/c1-6-24(25-30-31-32-34(25)27(3,4)5)33(16-18-8-10-21(28)11-9-18)17-20-14-19-15-22(36-7-2)12-13-23(19)29-26(20)35/h8-15,24H,6-7,16-17H2,1-5H3,(H,29,35)/t24-/m0/s1. The summed E-state index contributed by atoms with van der Waals surface area (Å²) in [5.74, 6) is 1.19. The lowest BCUT2D eigenvalue weighted by molar-refractivity contribution is 0.153. The van der Waals surface area contributed by atoms with Gasteiger partial charge in [-0.3, -0.25) is 9.69 Å². The summed E-state index contributed by atoms with van der Waals surface area (Å²) in [4.78, 5) is 18.3. The van der Waals surface area contributed by atoms with E-state index in [0.29, 0.717) is 25.3 Å². The molecule has 0 unspecified atom stereocenters. The van der Waals surface area contributed by atoms with Crippen molar-refractivity contribution in [2.24, 2.45) is 0 Å². The Morgan fingerprint density at radius 3 is 2.50 bits per heavy atom. The van der Waals surface area contributed by atoms with Crippen LogP contribution >= 0.6 is 0 Å². The normalized spacial score (nSPS) is 12.9. The van der Waals surface area contributed by atoms with Crippen LogP contribution in [-0.4, -0.2) is 36.7 Å². The number of ether oxygens (including phenoxy) is 1. The number of rotatable bonds is 9. The number of aromatic nitrogens is 5. The second kappa shape index (κ2) is 10.6. The van der Waals surface area contributed by atoms with E-state index in [1.54, 1.807) is 12.1 Å². The van der Waals surface area contributed by atoms with Crippen molar-refractivity contribution in [2.45, 2.75) is 65.7 Å². The maximum absolute atomic E-state index is 13.6. The molecule has 190 valence electrons. The molecule has 4 rings (SSSR count). The Bertz CT molecular complexity index is 1370. The quantitative estimate of drug-likeness (QED) is 0.355. The summed E-state index contributed by atoms with van der Waals surface area (Å²) in [6.07, 6.45) is 0.720. The molecule has 9 heteroatoms. The molecule has 0 saturated carbocycles. The van der Waals surface area contributed by atoms with E-state index >= 15 is 0 Å². The number of hydrogen-bond acceptors (Lipinski definition) is 6. The number of nitrogens with zero attached hydrogens (tertiary/aromatic N) is 5. The molecule has 0 bridgehead atoms. The van der Waals surface area contributed by atoms with Crippen LogP contribution in [0.15, 0.2) is 53.3 Å². The van der Waals surface area contributed by atoms with Gasteiger partial charge in [-0.2, -0.15) is 0 Å². The minimum Gasteiger partial charge on any atom is -0.494 e. The fourth-order valence-electron chi connectivity index (χ4n) is 4.41. The average Bonchev–Trinajstić information content (AvgIpc) is 3.32. The third kappa shape index (κ3) is 5.62. The fraction of sp³-hybridized carbons (Fsp3) is 0.407. The number of aromatic amines is 1. The van der Waals surface area contributed by atoms with Crippen LogP contribution in [0, 0.1) is 5.82 Å². The predicted octanol–water partition coefficient (Wildman–Crippen LogP) is 4.96. The minimum absolute atomic E-state index is 0.152. The van der Waals surface area contributed by atoms with Gasteiger partial charge in [-0.1, -0.05) is 19.1 Å². The molecule has 4 aromatic rings. The molecular weight excluding hydrogens is 459 g/mol.